The van der Waals surface area contributed by atoms with Gasteiger partial charge in [0.25, 0.3) is 0 Å². The minimum atomic E-state index is 0.428. The van der Waals surface area contributed by atoms with Crippen LogP contribution in [0.1, 0.15) is 50.3 Å². The molecule has 0 heterocycles. The van der Waals surface area contributed by atoms with Gasteiger partial charge in [0.2, 0.25) is 0 Å². The van der Waals surface area contributed by atoms with Crippen molar-refractivity contribution in [3.8, 4) is 11.5 Å². The number of rotatable bonds is 4. The lowest BCUT2D eigenvalue weighted by molar-refractivity contribution is 0.353. The lowest BCUT2D eigenvalue weighted by Gasteiger charge is -2.23. The summed E-state index contributed by atoms with van der Waals surface area (Å²) in [6.45, 7) is 4.40. The van der Waals surface area contributed by atoms with Gasteiger partial charge in [-0.2, -0.15) is 0 Å². The monoisotopic (exact) mass is 263 g/mol. The van der Waals surface area contributed by atoms with E-state index < -0.39 is 0 Å². The lowest BCUT2D eigenvalue weighted by Crippen LogP contribution is -2.28. The molecule has 1 aromatic rings. The van der Waals surface area contributed by atoms with E-state index in [4.69, 9.17) is 9.47 Å². The summed E-state index contributed by atoms with van der Waals surface area (Å²) in [6, 6.07) is 5.22. The summed E-state index contributed by atoms with van der Waals surface area (Å²) in [5.74, 6) is 1.67. The summed E-state index contributed by atoms with van der Waals surface area (Å²) in [7, 11) is 3.40. The SMILES string of the molecule is COc1cc2c(cc1OC)[C@H](NC(C)C)CCCC2. The van der Waals surface area contributed by atoms with E-state index in [0.29, 0.717) is 12.1 Å². The maximum absolute atomic E-state index is 5.44. The van der Waals surface area contributed by atoms with E-state index in [1.807, 2.05) is 0 Å². The molecular weight excluding hydrogens is 238 g/mol. The fourth-order valence-electron chi connectivity index (χ4n) is 2.87. The molecular formula is C16H25NO2. The third-order valence-corrected chi connectivity index (χ3v) is 3.74. The molecule has 1 N–H and O–H groups in total. The van der Waals surface area contributed by atoms with Crippen LogP contribution in [0.3, 0.4) is 0 Å². The van der Waals surface area contributed by atoms with E-state index in [2.05, 4.69) is 31.3 Å². The van der Waals surface area contributed by atoms with Crippen LogP contribution < -0.4 is 14.8 Å². The Hall–Kier alpha value is -1.22. The molecule has 0 radical (unpaired) electrons. The fraction of sp³-hybridized carbons (Fsp3) is 0.625. The van der Waals surface area contributed by atoms with Crippen LogP contribution in [0, 0.1) is 0 Å². The zero-order valence-corrected chi connectivity index (χ0v) is 12.5. The average Bonchev–Trinajstić information content (AvgIpc) is 2.59. The van der Waals surface area contributed by atoms with Crippen molar-refractivity contribution in [1.29, 1.82) is 0 Å². The number of hydrogen-bond donors (Lipinski definition) is 1. The van der Waals surface area contributed by atoms with Gasteiger partial charge in [0.1, 0.15) is 0 Å². The molecule has 19 heavy (non-hydrogen) atoms. The van der Waals surface area contributed by atoms with E-state index in [9.17, 15) is 0 Å². The van der Waals surface area contributed by atoms with Crippen molar-refractivity contribution in [2.75, 3.05) is 14.2 Å². The van der Waals surface area contributed by atoms with Crippen molar-refractivity contribution in [2.45, 2.75) is 51.6 Å². The predicted octanol–water partition coefficient (Wildman–Crippen LogP) is 3.47. The molecule has 0 fully saturated rings. The number of ether oxygens (including phenoxy) is 2. The Morgan fingerprint density at radius 2 is 1.79 bits per heavy atom. The highest BCUT2D eigenvalue weighted by Gasteiger charge is 2.21. The smallest absolute Gasteiger partial charge is 0.161 e. The molecule has 3 heteroatoms. The number of hydrogen-bond acceptors (Lipinski definition) is 3. The molecule has 106 valence electrons. The van der Waals surface area contributed by atoms with Crippen LogP contribution in [0.5, 0.6) is 11.5 Å². The first-order valence-corrected chi connectivity index (χ1v) is 7.16. The van der Waals surface area contributed by atoms with E-state index in [0.717, 1.165) is 17.9 Å². The first-order chi connectivity index (χ1) is 9.15. The molecule has 1 atom stereocenters. The Kier molecular flexibility index (Phi) is 4.70. The Bertz CT molecular complexity index is 429. The third kappa shape index (κ3) is 3.21. The number of aryl methyl sites for hydroxylation is 1. The van der Waals surface area contributed by atoms with Gasteiger partial charge in [-0.25, -0.2) is 0 Å². The number of fused-ring (bicyclic) bond motifs is 1. The highest BCUT2D eigenvalue weighted by Crippen LogP contribution is 2.37. The van der Waals surface area contributed by atoms with Crippen LogP contribution in [0.25, 0.3) is 0 Å². The zero-order chi connectivity index (χ0) is 13.8. The van der Waals surface area contributed by atoms with Crippen LogP contribution in [-0.2, 0) is 6.42 Å². The predicted molar refractivity (Wildman–Crippen MR) is 78.1 cm³/mol. The molecule has 0 saturated heterocycles. The highest BCUT2D eigenvalue weighted by molar-refractivity contribution is 5.49. The molecule has 0 amide bonds. The van der Waals surface area contributed by atoms with E-state index >= 15 is 0 Å². The van der Waals surface area contributed by atoms with Crippen molar-refractivity contribution in [2.24, 2.45) is 0 Å². The molecule has 2 rings (SSSR count). The summed E-state index contributed by atoms with van der Waals surface area (Å²) in [4.78, 5) is 0. The van der Waals surface area contributed by atoms with Crippen LogP contribution in [-0.4, -0.2) is 20.3 Å². The standard InChI is InChI=1S/C16H25NO2/c1-11(2)17-14-8-6-5-7-12-9-15(18-3)16(19-4)10-13(12)14/h9-11,14,17H,5-8H2,1-4H3/t14-/m1/s1. The molecule has 1 aliphatic rings. The number of nitrogens with one attached hydrogen (secondary N) is 1. The Morgan fingerprint density at radius 3 is 2.42 bits per heavy atom. The summed E-state index contributed by atoms with van der Waals surface area (Å²) in [5.41, 5.74) is 2.78. The molecule has 0 aromatic heterocycles. The van der Waals surface area contributed by atoms with E-state index in [1.54, 1.807) is 14.2 Å². The second kappa shape index (κ2) is 6.29. The topological polar surface area (TPSA) is 30.5 Å². The van der Waals surface area contributed by atoms with Crippen molar-refractivity contribution in [1.82, 2.24) is 5.32 Å². The summed E-state index contributed by atoms with van der Waals surface area (Å²) < 4.78 is 10.9. The third-order valence-electron chi connectivity index (χ3n) is 3.74. The Balaban J connectivity index is 2.40. The summed E-state index contributed by atoms with van der Waals surface area (Å²) in [5, 5.41) is 3.67. The fourth-order valence-corrected chi connectivity index (χ4v) is 2.87. The molecule has 3 nitrogen and oxygen atoms in total. The van der Waals surface area contributed by atoms with Crippen molar-refractivity contribution in [3.63, 3.8) is 0 Å². The van der Waals surface area contributed by atoms with E-state index in [-0.39, 0.29) is 0 Å². The summed E-state index contributed by atoms with van der Waals surface area (Å²) in [6.07, 6.45) is 4.84. The van der Waals surface area contributed by atoms with Gasteiger partial charge in [0.05, 0.1) is 14.2 Å². The molecule has 1 aromatic carbocycles. The van der Waals surface area contributed by atoms with Gasteiger partial charge in [0.15, 0.2) is 11.5 Å². The second-order valence-corrected chi connectivity index (χ2v) is 5.53. The van der Waals surface area contributed by atoms with Gasteiger partial charge in [0, 0.05) is 12.1 Å². The molecule has 0 saturated carbocycles. The average molecular weight is 263 g/mol. The minimum absolute atomic E-state index is 0.428. The quantitative estimate of drug-likeness (QED) is 0.844. The van der Waals surface area contributed by atoms with Gasteiger partial charge in [-0.05, 0) is 42.5 Å². The Morgan fingerprint density at radius 1 is 1.11 bits per heavy atom. The Labute approximate surface area is 116 Å². The second-order valence-electron chi connectivity index (χ2n) is 5.53. The molecule has 0 spiro atoms. The van der Waals surface area contributed by atoms with E-state index in [1.165, 1.54) is 30.4 Å². The van der Waals surface area contributed by atoms with Crippen molar-refractivity contribution < 1.29 is 9.47 Å². The van der Waals surface area contributed by atoms with Gasteiger partial charge in [-0.15, -0.1) is 0 Å². The van der Waals surface area contributed by atoms with Gasteiger partial charge in [-0.1, -0.05) is 20.3 Å². The normalized spacial score (nSPS) is 18.9. The zero-order valence-electron chi connectivity index (χ0n) is 12.5. The van der Waals surface area contributed by atoms with Crippen molar-refractivity contribution in [3.05, 3.63) is 23.3 Å². The molecule has 0 aliphatic heterocycles. The maximum Gasteiger partial charge on any atom is 0.161 e. The minimum Gasteiger partial charge on any atom is -0.493 e. The summed E-state index contributed by atoms with van der Waals surface area (Å²) >= 11 is 0. The van der Waals surface area contributed by atoms with Crippen LogP contribution >= 0.6 is 0 Å². The first-order valence-electron chi connectivity index (χ1n) is 7.16. The molecule has 1 aliphatic carbocycles. The van der Waals surface area contributed by atoms with Gasteiger partial charge < -0.3 is 14.8 Å². The van der Waals surface area contributed by atoms with Crippen LogP contribution in [0.15, 0.2) is 12.1 Å². The first kappa shape index (κ1) is 14.2. The number of benzene rings is 1. The van der Waals surface area contributed by atoms with Crippen molar-refractivity contribution >= 4 is 0 Å². The maximum atomic E-state index is 5.44. The lowest BCUT2D eigenvalue weighted by atomic mass is 9.97. The van der Waals surface area contributed by atoms with Gasteiger partial charge in [-0.3, -0.25) is 0 Å². The van der Waals surface area contributed by atoms with Crippen LogP contribution in [0.4, 0.5) is 0 Å². The molecule has 0 unspecified atom stereocenters. The van der Waals surface area contributed by atoms with Gasteiger partial charge >= 0.3 is 0 Å². The number of methoxy groups -OCH3 is 2. The largest absolute Gasteiger partial charge is 0.493 e. The molecule has 0 bridgehead atoms. The highest BCUT2D eigenvalue weighted by atomic mass is 16.5. The van der Waals surface area contributed by atoms with Crippen LogP contribution in [0.2, 0.25) is 0 Å².